The first kappa shape index (κ1) is 14.5. The summed E-state index contributed by atoms with van der Waals surface area (Å²) in [5.74, 6) is -0.130. The molecule has 2 rings (SSSR count). The quantitative estimate of drug-likeness (QED) is 0.850. The maximum atomic E-state index is 12.4. The molecule has 0 fully saturated rings. The predicted molar refractivity (Wildman–Crippen MR) is 82.8 cm³/mol. The van der Waals surface area contributed by atoms with Crippen molar-refractivity contribution in [3.63, 3.8) is 0 Å². The number of aryl methyl sites for hydroxylation is 1. The van der Waals surface area contributed by atoms with Gasteiger partial charge in [0.2, 0.25) is 0 Å². The van der Waals surface area contributed by atoms with Crippen LogP contribution in [0.4, 0.5) is 5.69 Å². The van der Waals surface area contributed by atoms with E-state index in [1.165, 1.54) is 0 Å². The third kappa shape index (κ3) is 2.99. The molecule has 3 N–H and O–H groups in total. The molecule has 5 heteroatoms. The number of hydrogen-bond acceptors (Lipinski definition) is 4. The molecule has 1 aromatic carbocycles. The molecule has 0 radical (unpaired) electrons. The SMILES string of the molecule is CCC(C)(NC(=O)c1cccc(N)c1)c1nc(C)cs1. The fourth-order valence-corrected chi connectivity index (χ4v) is 2.89. The van der Waals surface area contributed by atoms with Gasteiger partial charge in [-0.2, -0.15) is 0 Å². The molecule has 1 amide bonds. The number of anilines is 1. The Hall–Kier alpha value is -1.88. The highest BCUT2D eigenvalue weighted by molar-refractivity contribution is 7.09. The molecular weight excluding hydrogens is 270 g/mol. The van der Waals surface area contributed by atoms with E-state index >= 15 is 0 Å². The van der Waals surface area contributed by atoms with E-state index in [0.29, 0.717) is 11.3 Å². The molecular formula is C15H19N3OS. The summed E-state index contributed by atoms with van der Waals surface area (Å²) in [4.78, 5) is 16.9. The number of nitrogen functional groups attached to an aromatic ring is 1. The summed E-state index contributed by atoms with van der Waals surface area (Å²) in [5, 5.41) is 5.99. The molecule has 0 aliphatic heterocycles. The van der Waals surface area contributed by atoms with Crippen LogP contribution >= 0.6 is 11.3 Å². The van der Waals surface area contributed by atoms with Gasteiger partial charge >= 0.3 is 0 Å². The second-order valence-electron chi connectivity index (χ2n) is 5.06. The maximum Gasteiger partial charge on any atom is 0.252 e. The van der Waals surface area contributed by atoms with Crippen LogP contribution in [-0.2, 0) is 5.54 Å². The minimum atomic E-state index is -0.458. The van der Waals surface area contributed by atoms with E-state index in [1.807, 2.05) is 26.2 Å². The molecule has 1 atom stereocenters. The highest BCUT2D eigenvalue weighted by Crippen LogP contribution is 2.28. The Bertz CT molecular complexity index is 623. The average Bonchev–Trinajstić information content (AvgIpc) is 2.86. The summed E-state index contributed by atoms with van der Waals surface area (Å²) in [6.45, 7) is 5.99. The Kier molecular flexibility index (Phi) is 4.09. The number of nitrogens with two attached hydrogens (primary N) is 1. The average molecular weight is 289 g/mol. The first-order chi connectivity index (χ1) is 9.44. The van der Waals surface area contributed by atoms with Crippen molar-refractivity contribution in [3.8, 4) is 0 Å². The number of carbonyl (C=O) groups excluding carboxylic acids is 1. The van der Waals surface area contributed by atoms with Gasteiger partial charge in [-0.1, -0.05) is 13.0 Å². The monoisotopic (exact) mass is 289 g/mol. The minimum Gasteiger partial charge on any atom is -0.399 e. The van der Waals surface area contributed by atoms with Crippen LogP contribution in [0.3, 0.4) is 0 Å². The molecule has 0 spiro atoms. The second kappa shape index (κ2) is 5.63. The van der Waals surface area contributed by atoms with Gasteiger partial charge in [0.05, 0.1) is 5.54 Å². The van der Waals surface area contributed by atoms with Crippen molar-refractivity contribution in [2.75, 3.05) is 5.73 Å². The Labute approximate surface area is 123 Å². The van der Waals surface area contributed by atoms with Crippen LogP contribution in [0.5, 0.6) is 0 Å². The smallest absolute Gasteiger partial charge is 0.252 e. The molecule has 1 unspecified atom stereocenters. The second-order valence-corrected chi connectivity index (χ2v) is 5.92. The number of thiazole rings is 1. The van der Waals surface area contributed by atoms with Crippen molar-refractivity contribution >= 4 is 22.9 Å². The molecule has 106 valence electrons. The zero-order valence-electron chi connectivity index (χ0n) is 11.9. The van der Waals surface area contributed by atoms with Gasteiger partial charge in [0.15, 0.2) is 0 Å². The summed E-state index contributed by atoms with van der Waals surface area (Å²) in [6, 6.07) is 6.98. The van der Waals surface area contributed by atoms with Crippen LogP contribution in [0.15, 0.2) is 29.6 Å². The number of nitrogens with one attached hydrogen (secondary N) is 1. The maximum absolute atomic E-state index is 12.4. The van der Waals surface area contributed by atoms with Gasteiger partial charge in [0.1, 0.15) is 5.01 Å². The van der Waals surface area contributed by atoms with Crippen LogP contribution in [0, 0.1) is 6.92 Å². The van der Waals surface area contributed by atoms with E-state index in [1.54, 1.807) is 35.6 Å². The molecule has 1 aromatic heterocycles. The standard InChI is InChI=1S/C15H19N3OS/c1-4-15(3,14-17-10(2)9-20-14)18-13(19)11-6-5-7-12(16)8-11/h5-9H,4,16H2,1-3H3,(H,18,19). The zero-order chi connectivity index (χ0) is 14.8. The fraction of sp³-hybridized carbons (Fsp3) is 0.333. The zero-order valence-corrected chi connectivity index (χ0v) is 12.8. The summed E-state index contributed by atoms with van der Waals surface area (Å²) in [7, 11) is 0. The number of rotatable bonds is 4. The van der Waals surface area contributed by atoms with Crippen LogP contribution in [-0.4, -0.2) is 10.9 Å². The number of nitrogens with zero attached hydrogens (tertiary/aromatic N) is 1. The minimum absolute atomic E-state index is 0.130. The lowest BCUT2D eigenvalue weighted by atomic mass is 9.99. The Morgan fingerprint density at radius 2 is 2.25 bits per heavy atom. The Morgan fingerprint density at radius 1 is 1.50 bits per heavy atom. The molecule has 0 bridgehead atoms. The van der Waals surface area contributed by atoms with Crippen molar-refractivity contribution in [3.05, 3.63) is 45.9 Å². The first-order valence-electron chi connectivity index (χ1n) is 6.55. The van der Waals surface area contributed by atoms with Crippen molar-refractivity contribution in [2.45, 2.75) is 32.7 Å². The molecule has 0 saturated carbocycles. The highest BCUT2D eigenvalue weighted by Gasteiger charge is 2.30. The van der Waals surface area contributed by atoms with Gasteiger partial charge in [-0.3, -0.25) is 4.79 Å². The topological polar surface area (TPSA) is 68.0 Å². The number of benzene rings is 1. The van der Waals surface area contributed by atoms with E-state index in [0.717, 1.165) is 17.1 Å². The summed E-state index contributed by atoms with van der Waals surface area (Å²) in [5.41, 5.74) is 7.39. The molecule has 20 heavy (non-hydrogen) atoms. The van der Waals surface area contributed by atoms with Gasteiger partial charge in [0.25, 0.3) is 5.91 Å². The number of carbonyl (C=O) groups is 1. The lowest BCUT2D eigenvalue weighted by Gasteiger charge is -2.27. The summed E-state index contributed by atoms with van der Waals surface area (Å²) < 4.78 is 0. The summed E-state index contributed by atoms with van der Waals surface area (Å²) in [6.07, 6.45) is 0.772. The number of hydrogen-bond donors (Lipinski definition) is 2. The largest absolute Gasteiger partial charge is 0.399 e. The summed E-state index contributed by atoms with van der Waals surface area (Å²) >= 11 is 1.57. The van der Waals surface area contributed by atoms with Crippen molar-refractivity contribution in [2.24, 2.45) is 0 Å². The third-order valence-corrected chi connectivity index (χ3v) is 4.56. The molecule has 1 heterocycles. The van der Waals surface area contributed by atoms with Crippen LogP contribution in [0.2, 0.25) is 0 Å². The fourth-order valence-electron chi connectivity index (χ4n) is 1.90. The van der Waals surface area contributed by atoms with E-state index < -0.39 is 5.54 Å². The van der Waals surface area contributed by atoms with Gasteiger partial charge in [-0.15, -0.1) is 11.3 Å². The molecule has 0 saturated heterocycles. The van der Waals surface area contributed by atoms with Crippen molar-refractivity contribution in [1.82, 2.24) is 10.3 Å². The van der Waals surface area contributed by atoms with Gasteiger partial charge in [0, 0.05) is 22.3 Å². The van der Waals surface area contributed by atoms with E-state index in [2.05, 4.69) is 10.3 Å². The lowest BCUT2D eigenvalue weighted by Crippen LogP contribution is -2.43. The first-order valence-corrected chi connectivity index (χ1v) is 7.43. The molecule has 0 aliphatic carbocycles. The lowest BCUT2D eigenvalue weighted by molar-refractivity contribution is 0.0902. The number of aromatic nitrogens is 1. The molecule has 2 aromatic rings. The van der Waals surface area contributed by atoms with Gasteiger partial charge in [-0.25, -0.2) is 4.98 Å². The van der Waals surface area contributed by atoms with Gasteiger partial charge in [-0.05, 0) is 38.5 Å². The predicted octanol–water partition coefficient (Wildman–Crippen LogP) is 3.09. The number of amides is 1. The van der Waals surface area contributed by atoms with Crippen LogP contribution < -0.4 is 11.1 Å². The highest BCUT2D eigenvalue weighted by atomic mass is 32.1. The Balaban J connectivity index is 2.24. The van der Waals surface area contributed by atoms with Gasteiger partial charge < -0.3 is 11.1 Å². The van der Waals surface area contributed by atoms with E-state index in [-0.39, 0.29) is 5.91 Å². The van der Waals surface area contributed by atoms with E-state index in [4.69, 9.17) is 5.73 Å². The van der Waals surface area contributed by atoms with E-state index in [9.17, 15) is 4.79 Å². The molecule has 4 nitrogen and oxygen atoms in total. The van der Waals surface area contributed by atoms with Crippen molar-refractivity contribution < 1.29 is 4.79 Å². The van der Waals surface area contributed by atoms with Crippen LogP contribution in [0.25, 0.3) is 0 Å². The Morgan fingerprint density at radius 3 is 2.80 bits per heavy atom. The third-order valence-electron chi connectivity index (χ3n) is 3.34. The normalized spacial score (nSPS) is 13.8. The van der Waals surface area contributed by atoms with Crippen LogP contribution in [0.1, 0.15) is 41.3 Å². The molecule has 0 aliphatic rings. The van der Waals surface area contributed by atoms with Crippen molar-refractivity contribution in [1.29, 1.82) is 0 Å².